The number of hydrogen-bond acceptors (Lipinski definition) is 6. The Hall–Kier alpha value is -2.98. The molecule has 2 aromatic heterocycles. The Labute approximate surface area is 186 Å². The van der Waals surface area contributed by atoms with Gasteiger partial charge in [-0.2, -0.15) is 18.3 Å². The van der Waals surface area contributed by atoms with Crippen molar-refractivity contribution in [1.82, 2.24) is 19.7 Å². The van der Waals surface area contributed by atoms with Crippen LogP contribution in [0.25, 0.3) is 0 Å². The summed E-state index contributed by atoms with van der Waals surface area (Å²) >= 11 is 0. The minimum absolute atomic E-state index is 0.0112. The number of rotatable bonds is 6. The summed E-state index contributed by atoms with van der Waals surface area (Å²) in [5, 5.41) is 3.84. The van der Waals surface area contributed by atoms with Crippen LogP contribution in [0.1, 0.15) is 11.3 Å². The van der Waals surface area contributed by atoms with E-state index in [-0.39, 0.29) is 31.9 Å². The van der Waals surface area contributed by atoms with Crippen LogP contribution in [-0.4, -0.2) is 33.0 Å². The second kappa shape index (κ2) is 7.26. The molecule has 1 saturated heterocycles. The molecule has 3 heterocycles. The summed E-state index contributed by atoms with van der Waals surface area (Å²) < 4.78 is 123. The van der Waals surface area contributed by atoms with E-state index in [1.807, 2.05) is 0 Å². The number of halogens is 8. The first kappa shape index (κ1) is 24.2. The number of ether oxygens (including phenoxy) is 3. The van der Waals surface area contributed by atoms with E-state index in [9.17, 15) is 32.6 Å². The summed E-state index contributed by atoms with van der Waals surface area (Å²) in [4.78, 5) is 4.99. The van der Waals surface area contributed by atoms with Crippen molar-refractivity contribution in [3.05, 3.63) is 60.3 Å². The highest BCUT2D eigenvalue weighted by molar-refractivity contribution is 8.45. The maximum Gasteiger partial charge on any atom is 0.433 e. The second-order valence-electron chi connectivity index (χ2n) is 7.13. The molecule has 1 fully saturated rings. The van der Waals surface area contributed by atoms with Crippen LogP contribution in [0.2, 0.25) is 0 Å². The molecular weight excluding hydrogens is 504 g/mol. The van der Waals surface area contributed by atoms with Gasteiger partial charge in [0.05, 0.1) is 13.2 Å². The van der Waals surface area contributed by atoms with Crippen LogP contribution >= 0.6 is 10.2 Å². The maximum atomic E-state index is 13.9. The highest BCUT2D eigenvalue weighted by Crippen LogP contribution is 3.02. The molecule has 1 aromatic carbocycles. The largest absolute Gasteiger partial charge is 0.439 e. The van der Waals surface area contributed by atoms with Crippen molar-refractivity contribution in [3.63, 3.8) is 0 Å². The van der Waals surface area contributed by atoms with Crippen LogP contribution in [0.5, 0.6) is 11.6 Å². The molecule has 1 aliphatic heterocycles. The Kier molecular flexibility index (Phi) is 5.16. The van der Waals surface area contributed by atoms with Crippen molar-refractivity contribution in [1.29, 1.82) is 0 Å². The Morgan fingerprint density at radius 2 is 1.62 bits per heavy atom. The SMILES string of the molecule is FC(F)(F)c1nc(Oc2ccc(S(F)(F)(F)(F)F)cc2)ccc1C1(Cn2cncn2)OCCO1. The molecule has 7 nitrogen and oxygen atoms in total. The van der Waals surface area contributed by atoms with Crippen molar-refractivity contribution in [3.8, 4) is 11.6 Å². The summed E-state index contributed by atoms with van der Waals surface area (Å²) in [6, 6.07) is 3.23. The number of nitrogens with zero attached hydrogens (tertiary/aromatic N) is 4. The van der Waals surface area contributed by atoms with Crippen LogP contribution in [0.4, 0.5) is 32.6 Å². The Bertz CT molecular complexity index is 1180. The van der Waals surface area contributed by atoms with Crippen LogP contribution < -0.4 is 4.74 Å². The molecule has 0 unspecified atom stereocenters. The highest BCUT2D eigenvalue weighted by atomic mass is 32.5. The lowest BCUT2D eigenvalue weighted by molar-refractivity contribution is -0.189. The van der Waals surface area contributed by atoms with Gasteiger partial charge in [-0.1, -0.05) is 19.4 Å². The molecule has 0 spiro atoms. The first-order valence-corrected chi connectivity index (χ1v) is 11.2. The smallest absolute Gasteiger partial charge is 0.433 e. The fourth-order valence-corrected chi connectivity index (χ4v) is 3.87. The van der Waals surface area contributed by atoms with E-state index >= 15 is 0 Å². The van der Waals surface area contributed by atoms with Crippen LogP contribution in [0.3, 0.4) is 0 Å². The van der Waals surface area contributed by atoms with Gasteiger partial charge in [-0.05, 0) is 30.3 Å². The van der Waals surface area contributed by atoms with Crippen molar-refractivity contribution >= 4 is 10.2 Å². The Morgan fingerprint density at radius 3 is 2.15 bits per heavy atom. The molecule has 4 rings (SSSR count). The first-order valence-electron chi connectivity index (χ1n) is 9.27. The Balaban J connectivity index is 1.68. The lowest BCUT2D eigenvalue weighted by atomic mass is 10.0. The van der Waals surface area contributed by atoms with E-state index < -0.39 is 50.0 Å². The average Bonchev–Trinajstić information content (AvgIpc) is 3.39. The van der Waals surface area contributed by atoms with Gasteiger partial charge in [-0.3, -0.25) is 0 Å². The predicted molar refractivity (Wildman–Crippen MR) is 101 cm³/mol. The predicted octanol–water partition coefficient (Wildman–Crippen LogP) is 6.04. The second-order valence-corrected chi connectivity index (χ2v) is 9.54. The van der Waals surface area contributed by atoms with E-state index in [1.165, 1.54) is 17.3 Å². The fourth-order valence-electron chi connectivity index (χ4n) is 3.22. The maximum absolute atomic E-state index is 13.9. The zero-order valence-corrected chi connectivity index (χ0v) is 17.5. The van der Waals surface area contributed by atoms with Crippen molar-refractivity contribution < 1.29 is 46.8 Å². The van der Waals surface area contributed by atoms with E-state index in [1.54, 1.807) is 0 Å². The number of aromatic nitrogens is 4. The molecule has 186 valence electrons. The minimum Gasteiger partial charge on any atom is -0.439 e. The van der Waals surface area contributed by atoms with Crippen molar-refractivity contribution in [2.75, 3.05) is 13.2 Å². The van der Waals surface area contributed by atoms with E-state index in [2.05, 4.69) is 15.1 Å². The molecule has 0 amide bonds. The van der Waals surface area contributed by atoms with E-state index in [0.717, 1.165) is 12.1 Å². The van der Waals surface area contributed by atoms with Gasteiger partial charge in [-0.15, -0.1) is 0 Å². The fraction of sp³-hybridized carbons (Fsp3) is 0.278. The third-order valence-corrected chi connectivity index (χ3v) is 5.79. The molecule has 0 bridgehead atoms. The molecular formula is C18H14F8N4O3S. The zero-order chi connectivity index (χ0) is 24.9. The number of hydrogen-bond donors (Lipinski definition) is 0. The monoisotopic (exact) mass is 518 g/mol. The third-order valence-electron chi connectivity index (χ3n) is 4.63. The summed E-state index contributed by atoms with van der Waals surface area (Å²) in [5.41, 5.74) is -1.92. The van der Waals surface area contributed by atoms with Gasteiger partial charge in [0.2, 0.25) is 11.7 Å². The van der Waals surface area contributed by atoms with Crippen LogP contribution in [-0.2, 0) is 28.0 Å². The van der Waals surface area contributed by atoms with Crippen LogP contribution in [0, 0.1) is 0 Å². The summed E-state index contributed by atoms with van der Waals surface area (Å²) in [6.45, 7) is -0.306. The highest BCUT2D eigenvalue weighted by Gasteiger charge is 2.65. The molecule has 1 aliphatic rings. The summed E-state index contributed by atoms with van der Waals surface area (Å²) in [7, 11) is -9.91. The molecule has 0 radical (unpaired) electrons. The third kappa shape index (κ3) is 5.07. The van der Waals surface area contributed by atoms with Gasteiger partial charge in [-0.25, -0.2) is 14.6 Å². The molecule has 0 saturated carbocycles. The summed E-state index contributed by atoms with van der Waals surface area (Å²) in [6.07, 6.45) is -2.59. The molecule has 34 heavy (non-hydrogen) atoms. The summed E-state index contributed by atoms with van der Waals surface area (Å²) in [5.74, 6) is -2.98. The number of alkyl halides is 3. The quantitative estimate of drug-likeness (QED) is 0.371. The Morgan fingerprint density at radius 1 is 0.971 bits per heavy atom. The van der Waals surface area contributed by atoms with Gasteiger partial charge in [0, 0.05) is 11.6 Å². The van der Waals surface area contributed by atoms with E-state index in [0.29, 0.717) is 12.1 Å². The van der Waals surface area contributed by atoms with E-state index in [4.69, 9.17) is 14.2 Å². The molecule has 0 N–H and O–H groups in total. The standard InChI is InChI=1S/C18H14F8N4O3S/c19-18(20,21)16-14(17(31-7-8-32-17)9-30-11-27-10-28-30)5-6-15(29-16)33-12-1-3-13(4-2-12)34(22,23,24,25)26/h1-6,10-11H,7-9H2. The lowest BCUT2D eigenvalue weighted by Crippen LogP contribution is -2.36. The minimum atomic E-state index is -9.91. The zero-order valence-electron chi connectivity index (χ0n) is 16.7. The van der Waals surface area contributed by atoms with Crippen molar-refractivity contribution in [2.45, 2.75) is 23.4 Å². The average molecular weight is 518 g/mol. The number of benzene rings is 1. The molecule has 0 aliphatic carbocycles. The van der Waals surface area contributed by atoms with Crippen molar-refractivity contribution in [2.24, 2.45) is 0 Å². The first-order chi connectivity index (χ1) is 15.6. The normalized spacial score (nSPS) is 18.4. The van der Waals surface area contributed by atoms with Gasteiger partial charge in [0.15, 0.2) is 5.69 Å². The van der Waals surface area contributed by atoms with Gasteiger partial charge in [0.1, 0.15) is 29.8 Å². The van der Waals surface area contributed by atoms with Gasteiger partial charge >= 0.3 is 16.4 Å². The molecule has 3 aromatic rings. The van der Waals surface area contributed by atoms with Gasteiger partial charge in [0.25, 0.3) is 0 Å². The van der Waals surface area contributed by atoms with Crippen LogP contribution in [0.15, 0.2) is 53.9 Å². The lowest BCUT2D eigenvalue weighted by Gasteiger charge is -2.40. The topological polar surface area (TPSA) is 71.3 Å². The molecule has 0 atom stereocenters. The number of pyridine rings is 1. The van der Waals surface area contributed by atoms with Gasteiger partial charge < -0.3 is 14.2 Å². The molecule has 16 heteroatoms.